The van der Waals surface area contributed by atoms with Gasteiger partial charge in [0.25, 0.3) is 5.91 Å². The van der Waals surface area contributed by atoms with Gasteiger partial charge in [-0.2, -0.15) is 0 Å². The van der Waals surface area contributed by atoms with E-state index in [0.29, 0.717) is 11.4 Å². The fourth-order valence-corrected chi connectivity index (χ4v) is 1.92. The molecule has 0 saturated carbocycles. The molecule has 3 nitrogen and oxygen atoms in total. The van der Waals surface area contributed by atoms with Gasteiger partial charge in [0.2, 0.25) is 0 Å². The number of alkyl halides is 1. The van der Waals surface area contributed by atoms with Crippen LogP contribution in [0.2, 0.25) is 0 Å². The van der Waals surface area contributed by atoms with E-state index >= 15 is 0 Å². The molecule has 1 rings (SSSR count). The van der Waals surface area contributed by atoms with Crippen molar-refractivity contribution in [3.05, 3.63) is 0 Å². The Morgan fingerprint density at radius 1 is 1.67 bits per heavy atom. The van der Waals surface area contributed by atoms with Crippen LogP contribution in [0.25, 0.3) is 0 Å². The number of carbonyl (C=O) groups excluding carboxylic acids is 1. The van der Waals surface area contributed by atoms with Crippen LogP contribution in [-0.4, -0.2) is 29.5 Å². The van der Waals surface area contributed by atoms with Gasteiger partial charge < -0.3 is 10.1 Å². The topological polar surface area (TPSA) is 38.3 Å². The average molecular weight is 278 g/mol. The highest BCUT2D eigenvalue weighted by atomic mass is 79.9. The van der Waals surface area contributed by atoms with E-state index in [4.69, 9.17) is 4.74 Å². The first-order valence-electron chi connectivity index (χ1n) is 5.65. The summed E-state index contributed by atoms with van der Waals surface area (Å²) in [7, 11) is 0. The zero-order chi connectivity index (χ0) is 11.3. The van der Waals surface area contributed by atoms with Crippen LogP contribution >= 0.6 is 15.9 Å². The van der Waals surface area contributed by atoms with Gasteiger partial charge in [0.1, 0.15) is 5.60 Å². The van der Waals surface area contributed by atoms with Crippen LogP contribution in [0.4, 0.5) is 0 Å². The summed E-state index contributed by atoms with van der Waals surface area (Å²) in [6, 6.07) is 0. The molecule has 88 valence electrons. The fraction of sp³-hybridized carbons (Fsp3) is 0.909. The van der Waals surface area contributed by atoms with E-state index in [2.05, 4.69) is 28.2 Å². The predicted octanol–water partition coefficient (Wildman–Crippen LogP) is 2.24. The van der Waals surface area contributed by atoms with Crippen LogP contribution in [0, 0.1) is 0 Å². The maximum Gasteiger partial charge on any atom is 0.251 e. The number of amides is 1. The summed E-state index contributed by atoms with van der Waals surface area (Å²) in [6.45, 7) is 5.44. The van der Waals surface area contributed by atoms with Crippen LogP contribution in [0.15, 0.2) is 0 Å². The molecule has 1 heterocycles. The van der Waals surface area contributed by atoms with Gasteiger partial charge in [0, 0.05) is 18.0 Å². The molecule has 0 bridgehead atoms. The second kappa shape index (κ2) is 5.85. The predicted molar refractivity (Wildman–Crippen MR) is 64.2 cm³/mol. The molecule has 2 atom stereocenters. The minimum atomic E-state index is -0.575. The number of rotatable bonds is 5. The quantitative estimate of drug-likeness (QED) is 0.783. The highest BCUT2D eigenvalue weighted by Gasteiger charge is 2.37. The van der Waals surface area contributed by atoms with Gasteiger partial charge in [-0.15, -0.1) is 0 Å². The highest BCUT2D eigenvalue weighted by molar-refractivity contribution is 9.09. The molecule has 4 heteroatoms. The number of carbonyl (C=O) groups is 1. The van der Waals surface area contributed by atoms with Crippen molar-refractivity contribution in [2.75, 3.05) is 13.2 Å². The van der Waals surface area contributed by atoms with E-state index < -0.39 is 5.60 Å². The van der Waals surface area contributed by atoms with Crippen LogP contribution < -0.4 is 5.32 Å². The summed E-state index contributed by atoms with van der Waals surface area (Å²) in [4.78, 5) is 12.3. The first kappa shape index (κ1) is 13.0. The van der Waals surface area contributed by atoms with Crippen molar-refractivity contribution in [2.45, 2.75) is 50.0 Å². The standard InChI is InChI=1S/C11H20BrNO2/c1-3-9(12)5-7-13-10(14)11(2)6-4-8-15-11/h9H,3-8H2,1-2H3,(H,13,14). The Labute approximate surface area is 100 Å². The number of hydrogen-bond donors (Lipinski definition) is 1. The van der Waals surface area contributed by atoms with Crippen LogP contribution in [0.5, 0.6) is 0 Å². The lowest BCUT2D eigenvalue weighted by atomic mass is 10.0. The van der Waals surface area contributed by atoms with E-state index in [-0.39, 0.29) is 5.91 Å². The third-order valence-electron chi connectivity index (χ3n) is 2.89. The molecule has 1 saturated heterocycles. The van der Waals surface area contributed by atoms with Crippen molar-refractivity contribution in [1.29, 1.82) is 0 Å². The van der Waals surface area contributed by atoms with Gasteiger partial charge in [-0.1, -0.05) is 22.9 Å². The van der Waals surface area contributed by atoms with Gasteiger partial charge in [-0.3, -0.25) is 4.79 Å². The Morgan fingerprint density at radius 3 is 2.93 bits per heavy atom. The first-order valence-corrected chi connectivity index (χ1v) is 6.56. The minimum absolute atomic E-state index is 0.0378. The summed E-state index contributed by atoms with van der Waals surface area (Å²) in [5.41, 5.74) is -0.575. The third kappa shape index (κ3) is 3.76. The monoisotopic (exact) mass is 277 g/mol. The molecule has 1 aliphatic heterocycles. The normalized spacial score (nSPS) is 27.7. The molecule has 1 fully saturated rings. The van der Waals surface area contributed by atoms with E-state index in [1.54, 1.807) is 0 Å². The molecule has 0 aromatic heterocycles. The van der Waals surface area contributed by atoms with Crippen molar-refractivity contribution in [1.82, 2.24) is 5.32 Å². The molecule has 1 amide bonds. The maximum absolute atomic E-state index is 11.8. The molecule has 15 heavy (non-hydrogen) atoms. The number of hydrogen-bond acceptors (Lipinski definition) is 2. The molecule has 1 aliphatic rings. The van der Waals surface area contributed by atoms with Crippen molar-refractivity contribution in [2.24, 2.45) is 0 Å². The molecular weight excluding hydrogens is 258 g/mol. The molecule has 0 aromatic carbocycles. The third-order valence-corrected chi connectivity index (χ3v) is 3.99. The Morgan fingerprint density at radius 2 is 2.40 bits per heavy atom. The van der Waals surface area contributed by atoms with Crippen LogP contribution in [0.3, 0.4) is 0 Å². The Balaban J connectivity index is 2.24. The summed E-state index contributed by atoms with van der Waals surface area (Å²) >= 11 is 3.54. The SMILES string of the molecule is CCC(Br)CCNC(=O)C1(C)CCCO1. The van der Waals surface area contributed by atoms with E-state index in [1.165, 1.54) is 0 Å². The van der Waals surface area contributed by atoms with E-state index in [9.17, 15) is 4.79 Å². The van der Waals surface area contributed by atoms with E-state index in [0.717, 1.165) is 32.2 Å². The van der Waals surface area contributed by atoms with Gasteiger partial charge >= 0.3 is 0 Å². The van der Waals surface area contributed by atoms with E-state index in [1.807, 2.05) is 6.92 Å². The molecular formula is C11H20BrNO2. The lowest BCUT2D eigenvalue weighted by molar-refractivity contribution is -0.139. The van der Waals surface area contributed by atoms with Crippen molar-refractivity contribution >= 4 is 21.8 Å². The highest BCUT2D eigenvalue weighted by Crippen LogP contribution is 2.24. The number of nitrogens with one attached hydrogen (secondary N) is 1. The van der Waals surface area contributed by atoms with Crippen molar-refractivity contribution in [3.63, 3.8) is 0 Å². The van der Waals surface area contributed by atoms with Crippen molar-refractivity contribution in [3.8, 4) is 0 Å². The zero-order valence-electron chi connectivity index (χ0n) is 9.51. The lowest BCUT2D eigenvalue weighted by Crippen LogP contribution is -2.44. The summed E-state index contributed by atoms with van der Waals surface area (Å²) in [5, 5.41) is 2.94. The summed E-state index contributed by atoms with van der Waals surface area (Å²) in [5.74, 6) is 0.0378. The van der Waals surface area contributed by atoms with Gasteiger partial charge in [-0.25, -0.2) is 0 Å². The molecule has 0 radical (unpaired) electrons. The van der Waals surface area contributed by atoms with Crippen LogP contribution in [-0.2, 0) is 9.53 Å². The zero-order valence-corrected chi connectivity index (χ0v) is 11.1. The molecule has 0 spiro atoms. The first-order chi connectivity index (χ1) is 7.08. The Kier molecular flexibility index (Phi) is 5.06. The second-order valence-electron chi connectivity index (χ2n) is 4.23. The lowest BCUT2D eigenvalue weighted by Gasteiger charge is -2.22. The Bertz CT molecular complexity index is 215. The molecule has 0 aliphatic carbocycles. The number of ether oxygens (including phenoxy) is 1. The average Bonchev–Trinajstić information content (AvgIpc) is 2.66. The number of halogens is 1. The second-order valence-corrected chi connectivity index (χ2v) is 5.53. The maximum atomic E-state index is 11.8. The van der Waals surface area contributed by atoms with Gasteiger partial charge in [0.15, 0.2) is 0 Å². The summed E-state index contributed by atoms with van der Waals surface area (Å²) in [6.07, 6.45) is 3.88. The van der Waals surface area contributed by atoms with Crippen molar-refractivity contribution < 1.29 is 9.53 Å². The smallest absolute Gasteiger partial charge is 0.251 e. The van der Waals surface area contributed by atoms with Crippen LogP contribution in [0.1, 0.15) is 39.5 Å². The largest absolute Gasteiger partial charge is 0.365 e. The molecule has 2 unspecified atom stereocenters. The summed E-state index contributed by atoms with van der Waals surface area (Å²) < 4.78 is 5.46. The van der Waals surface area contributed by atoms with Gasteiger partial charge in [-0.05, 0) is 32.6 Å². The minimum Gasteiger partial charge on any atom is -0.365 e. The van der Waals surface area contributed by atoms with Gasteiger partial charge in [0.05, 0.1) is 0 Å². The molecule has 1 N–H and O–H groups in total. The Hall–Kier alpha value is -0.0900. The fourth-order valence-electron chi connectivity index (χ4n) is 1.69. The molecule has 0 aromatic rings.